The van der Waals surface area contributed by atoms with Crippen LogP contribution in [0.3, 0.4) is 0 Å². The topological polar surface area (TPSA) is 38.3 Å². The number of fused-ring (bicyclic) bond motifs is 1. The van der Waals surface area contributed by atoms with Crippen molar-refractivity contribution in [2.24, 2.45) is 0 Å². The number of allylic oxidation sites excluding steroid dienone is 2. The molecule has 1 heterocycles. The highest BCUT2D eigenvalue weighted by Gasteiger charge is 2.61. The fourth-order valence-corrected chi connectivity index (χ4v) is 2.02. The maximum Gasteiger partial charge on any atom is 0.445 e. The third-order valence-electron chi connectivity index (χ3n) is 2.74. The van der Waals surface area contributed by atoms with Crippen LogP contribution >= 0.6 is 11.6 Å². The van der Waals surface area contributed by atoms with Gasteiger partial charge in [-0.05, 0) is 37.1 Å². The van der Waals surface area contributed by atoms with Gasteiger partial charge in [-0.1, -0.05) is 23.6 Å². The summed E-state index contributed by atoms with van der Waals surface area (Å²) in [5.41, 5.74) is -3.43. The fraction of sp³-hybridized carbons (Fsp3) is 0.214. The molecular weight excluding hydrogens is 307 g/mol. The molecule has 3 nitrogen and oxygen atoms in total. The Hall–Kier alpha value is -2.13. The summed E-state index contributed by atoms with van der Waals surface area (Å²) in [6.45, 7) is 1.61. The Morgan fingerprint density at radius 2 is 2.14 bits per heavy atom. The predicted octanol–water partition coefficient (Wildman–Crippen LogP) is 4.24. The number of amides is 1. The molecule has 2 rings (SSSR count). The monoisotopic (exact) mass is 315 g/mol. The standard InChI is InChI=1S/C14H9ClF3NO2/c1-2-3-4-7-13(14(16,17)18)10-8-9(15)5-6-11(10)19-12(20)21-13/h2-3,5-6,8H,1H3,(H,19,20)/b3-2+/t13-/m0/s1. The first-order valence-corrected chi connectivity index (χ1v) is 6.18. The normalized spacial score (nSPS) is 21.1. The van der Waals surface area contributed by atoms with Gasteiger partial charge in [0.15, 0.2) is 0 Å². The van der Waals surface area contributed by atoms with E-state index >= 15 is 0 Å². The number of anilines is 1. The van der Waals surface area contributed by atoms with Gasteiger partial charge in [0.2, 0.25) is 0 Å². The Labute approximate surface area is 123 Å². The van der Waals surface area contributed by atoms with Crippen LogP contribution in [0.25, 0.3) is 0 Å². The highest BCUT2D eigenvalue weighted by molar-refractivity contribution is 6.30. The van der Waals surface area contributed by atoms with Gasteiger partial charge < -0.3 is 4.74 Å². The molecule has 1 aromatic carbocycles. The first-order valence-electron chi connectivity index (χ1n) is 5.81. The summed E-state index contributed by atoms with van der Waals surface area (Å²) in [5.74, 6) is 4.22. The van der Waals surface area contributed by atoms with Crippen molar-refractivity contribution in [3.8, 4) is 11.8 Å². The minimum absolute atomic E-state index is 0.0391. The second-order valence-corrected chi connectivity index (χ2v) is 4.59. The smallest absolute Gasteiger partial charge is 0.415 e. The Morgan fingerprint density at radius 1 is 1.43 bits per heavy atom. The highest BCUT2D eigenvalue weighted by atomic mass is 35.5. The van der Waals surface area contributed by atoms with E-state index in [-0.39, 0.29) is 16.3 Å². The summed E-state index contributed by atoms with van der Waals surface area (Å²) < 4.78 is 45.1. The van der Waals surface area contributed by atoms with Gasteiger partial charge in [0.05, 0.1) is 5.69 Å². The summed E-state index contributed by atoms with van der Waals surface area (Å²) in [5, 5.41) is 2.28. The molecule has 1 aliphatic heterocycles. The fourth-order valence-electron chi connectivity index (χ4n) is 1.85. The number of cyclic esters (lactones) is 1. The van der Waals surface area contributed by atoms with Crippen molar-refractivity contribution in [1.82, 2.24) is 0 Å². The van der Waals surface area contributed by atoms with Gasteiger partial charge >= 0.3 is 12.3 Å². The summed E-state index contributed by atoms with van der Waals surface area (Å²) in [4.78, 5) is 11.5. The largest absolute Gasteiger partial charge is 0.445 e. The lowest BCUT2D eigenvalue weighted by molar-refractivity contribution is -0.239. The maximum absolute atomic E-state index is 13.5. The molecular formula is C14H9ClF3NO2. The van der Waals surface area contributed by atoms with Gasteiger partial charge in [0, 0.05) is 10.6 Å². The third-order valence-corrected chi connectivity index (χ3v) is 2.98. The number of nitrogens with one attached hydrogen (secondary N) is 1. The third kappa shape index (κ3) is 2.69. The Bertz CT molecular complexity index is 673. The number of rotatable bonds is 0. The van der Waals surface area contributed by atoms with Crippen LogP contribution in [-0.4, -0.2) is 12.3 Å². The SMILES string of the molecule is C/C=C/C#C[C@]1(C(F)(F)F)OC(=O)Nc2ccc(Cl)cc21. The number of halogens is 4. The molecule has 1 amide bonds. The zero-order chi connectivity index (χ0) is 15.7. The van der Waals surface area contributed by atoms with Crippen LogP contribution in [0.4, 0.5) is 23.7 Å². The van der Waals surface area contributed by atoms with Crippen LogP contribution < -0.4 is 5.32 Å². The molecule has 21 heavy (non-hydrogen) atoms. The quantitative estimate of drug-likeness (QED) is 0.727. The Kier molecular flexibility index (Phi) is 3.88. The Balaban J connectivity index is 2.74. The average molecular weight is 316 g/mol. The molecule has 0 aliphatic carbocycles. The van der Waals surface area contributed by atoms with Gasteiger partial charge in [0.25, 0.3) is 5.60 Å². The molecule has 0 spiro atoms. The zero-order valence-electron chi connectivity index (χ0n) is 10.7. The molecule has 0 unspecified atom stereocenters. The predicted molar refractivity (Wildman–Crippen MR) is 71.9 cm³/mol. The molecule has 110 valence electrons. The number of carbonyl (C=O) groups is 1. The summed E-state index contributed by atoms with van der Waals surface area (Å²) in [7, 11) is 0. The highest BCUT2D eigenvalue weighted by Crippen LogP contribution is 2.47. The molecule has 1 atom stereocenters. The number of benzene rings is 1. The van der Waals surface area contributed by atoms with Crippen LogP contribution in [0, 0.1) is 11.8 Å². The van der Waals surface area contributed by atoms with E-state index in [1.807, 2.05) is 5.92 Å². The van der Waals surface area contributed by atoms with Crippen LogP contribution in [0.2, 0.25) is 5.02 Å². The number of hydrogen-bond donors (Lipinski definition) is 1. The van der Waals surface area contributed by atoms with E-state index in [0.29, 0.717) is 0 Å². The average Bonchev–Trinajstić information content (AvgIpc) is 2.38. The first kappa shape index (κ1) is 15.3. The Morgan fingerprint density at radius 3 is 2.76 bits per heavy atom. The number of ether oxygens (including phenoxy) is 1. The number of hydrogen-bond acceptors (Lipinski definition) is 2. The van der Waals surface area contributed by atoms with Crippen LogP contribution in [0.1, 0.15) is 12.5 Å². The molecule has 0 saturated heterocycles. The minimum Gasteiger partial charge on any atom is -0.415 e. The van der Waals surface area contributed by atoms with Gasteiger partial charge in [-0.3, -0.25) is 5.32 Å². The van der Waals surface area contributed by atoms with E-state index in [9.17, 15) is 18.0 Å². The maximum atomic E-state index is 13.5. The van der Waals surface area contributed by atoms with E-state index in [4.69, 9.17) is 11.6 Å². The van der Waals surface area contributed by atoms with Crippen molar-refractivity contribution in [3.63, 3.8) is 0 Å². The van der Waals surface area contributed by atoms with Crippen molar-refractivity contribution in [1.29, 1.82) is 0 Å². The molecule has 0 fully saturated rings. The van der Waals surface area contributed by atoms with Crippen molar-refractivity contribution in [2.75, 3.05) is 5.32 Å². The zero-order valence-corrected chi connectivity index (χ0v) is 11.5. The van der Waals surface area contributed by atoms with E-state index in [0.717, 1.165) is 6.07 Å². The molecule has 0 bridgehead atoms. The minimum atomic E-state index is -4.92. The molecule has 0 aromatic heterocycles. The molecule has 7 heteroatoms. The summed E-state index contributed by atoms with van der Waals surface area (Å²) in [6, 6.07) is 3.72. The number of carbonyl (C=O) groups excluding carboxylic acids is 1. The molecule has 1 aliphatic rings. The van der Waals surface area contributed by atoms with Crippen molar-refractivity contribution < 1.29 is 22.7 Å². The summed E-state index contributed by atoms with van der Waals surface area (Å²) >= 11 is 5.75. The van der Waals surface area contributed by atoms with Gasteiger partial charge in [0.1, 0.15) is 0 Å². The van der Waals surface area contributed by atoms with E-state index in [2.05, 4.69) is 16.0 Å². The molecule has 1 aromatic rings. The second-order valence-electron chi connectivity index (χ2n) is 4.15. The lowest BCUT2D eigenvalue weighted by Gasteiger charge is -2.35. The number of alkyl halides is 3. The lowest BCUT2D eigenvalue weighted by atomic mass is 9.90. The molecule has 0 radical (unpaired) electrons. The molecule has 1 N–H and O–H groups in total. The van der Waals surface area contributed by atoms with Crippen molar-refractivity contribution in [3.05, 3.63) is 40.9 Å². The van der Waals surface area contributed by atoms with Gasteiger partial charge in [-0.15, -0.1) is 0 Å². The van der Waals surface area contributed by atoms with Gasteiger partial charge in [-0.25, -0.2) is 4.79 Å². The van der Waals surface area contributed by atoms with Crippen molar-refractivity contribution >= 4 is 23.4 Å². The van der Waals surface area contributed by atoms with E-state index in [1.54, 1.807) is 6.92 Å². The van der Waals surface area contributed by atoms with E-state index in [1.165, 1.54) is 24.3 Å². The second kappa shape index (κ2) is 5.34. The lowest BCUT2D eigenvalue weighted by Crippen LogP contribution is -2.49. The van der Waals surface area contributed by atoms with Crippen LogP contribution in [0.5, 0.6) is 0 Å². The summed E-state index contributed by atoms with van der Waals surface area (Å²) in [6.07, 6.45) is -3.44. The molecule has 0 saturated carbocycles. The van der Waals surface area contributed by atoms with E-state index < -0.39 is 17.9 Å². The first-order chi connectivity index (χ1) is 9.80. The van der Waals surface area contributed by atoms with Gasteiger partial charge in [-0.2, -0.15) is 13.2 Å². The van der Waals surface area contributed by atoms with Crippen LogP contribution in [0.15, 0.2) is 30.4 Å². The van der Waals surface area contributed by atoms with Crippen molar-refractivity contribution in [2.45, 2.75) is 18.7 Å². The van der Waals surface area contributed by atoms with Crippen LogP contribution in [-0.2, 0) is 10.3 Å².